The van der Waals surface area contributed by atoms with Gasteiger partial charge < -0.3 is 9.64 Å². The molecule has 210 valence electrons. The fourth-order valence-corrected chi connectivity index (χ4v) is 5.19. The van der Waals surface area contributed by atoms with Crippen molar-refractivity contribution in [1.82, 2.24) is 4.90 Å². The maximum Gasteiger partial charge on any atom is 0.326 e. The van der Waals surface area contributed by atoms with Crippen molar-refractivity contribution in [3.63, 3.8) is 0 Å². The highest BCUT2D eigenvalue weighted by Crippen LogP contribution is 2.31. The van der Waals surface area contributed by atoms with Crippen LogP contribution >= 0.6 is 0 Å². The van der Waals surface area contributed by atoms with E-state index in [-0.39, 0.29) is 28.3 Å². The van der Waals surface area contributed by atoms with Crippen LogP contribution in [0.25, 0.3) is 0 Å². The summed E-state index contributed by atoms with van der Waals surface area (Å²) in [5, 5.41) is 0. The Bertz CT molecular complexity index is 1520. The van der Waals surface area contributed by atoms with Gasteiger partial charge in [0.05, 0.1) is 22.4 Å². The van der Waals surface area contributed by atoms with Crippen molar-refractivity contribution in [2.75, 3.05) is 29.4 Å². The first-order chi connectivity index (χ1) is 19.5. The van der Waals surface area contributed by atoms with Crippen molar-refractivity contribution in [3.05, 3.63) is 95.1 Å². The lowest BCUT2D eigenvalue weighted by Gasteiger charge is -2.32. The average molecular weight is 554 g/mol. The number of hydrogen-bond acceptors (Lipinski definition) is 6. The minimum atomic E-state index is -0.818. The average Bonchev–Trinajstić information content (AvgIpc) is 3.19. The van der Waals surface area contributed by atoms with E-state index in [2.05, 4.69) is 0 Å². The second-order valence-electron chi connectivity index (χ2n) is 11.0. The third kappa shape index (κ3) is 5.61. The third-order valence-corrected chi connectivity index (χ3v) is 6.96. The Kier molecular flexibility index (Phi) is 7.45. The molecule has 0 unspecified atom stereocenters. The number of esters is 1. The summed E-state index contributed by atoms with van der Waals surface area (Å²) < 4.78 is 5.49. The Morgan fingerprint density at radius 2 is 1.46 bits per heavy atom. The number of benzene rings is 3. The van der Waals surface area contributed by atoms with Crippen LogP contribution in [-0.4, -0.2) is 59.7 Å². The highest BCUT2D eigenvalue weighted by molar-refractivity contribution is 6.23. The summed E-state index contributed by atoms with van der Waals surface area (Å²) >= 11 is 0. The number of amides is 4. The highest BCUT2D eigenvalue weighted by atomic mass is 16.6. The van der Waals surface area contributed by atoms with Crippen molar-refractivity contribution < 1.29 is 28.7 Å². The molecule has 0 aliphatic carbocycles. The van der Waals surface area contributed by atoms with Crippen molar-refractivity contribution in [1.29, 1.82) is 0 Å². The lowest BCUT2D eigenvalue weighted by atomic mass is 10.0. The zero-order chi connectivity index (χ0) is 29.3. The molecule has 3 aromatic carbocycles. The van der Waals surface area contributed by atoms with E-state index in [1.807, 2.05) is 24.3 Å². The number of carbonyl (C=O) groups is 5. The van der Waals surface area contributed by atoms with Crippen LogP contribution in [0.15, 0.2) is 72.8 Å². The second kappa shape index (κ2) is 11.0. The first-order valence-corrected chi connectivity index (χ1v) is 13.5. The number of aryl methyl sites for hydroxylation is 1. The van der Waals surface area contributed by atoms with Gasteiger partial charge >= 0.3 is 5.97 Å². The van der Waals surface area contributed by atoms with E-state index in [0.717, 1.165) is 33.9 Å². The number of rotatable bonds is 6. The van der Waals surface area contributed by atoms with Gasteiger partial charge in [-0.2, -0.15) is 0 Å². The van der Waals surface area contributed by atoms with Gasteiger partial charge in [-0.3, -0.25) is 33.8 Å². The molecule has 0 radical (unpaired) electrons. The standard InChI is InChI=1S/C32H31N3O6/c1-32(2,3)41-28(37)20-34(27(36)19-35-29(38)22-13-5-6-14-23(22)30(35)39)26-17-9-7-15-24(26)31(40)33-18-10-12-21-11-4-8-16-25(21)33/h4-9,11,13-17H,10,12,18-20H2,1-3H3. The van der Waals surface area contributed by atoms with Gasteiger partial charge in [0.25, 0.3) is 17.7 Å². The topological polar surface area (TPSA) is 104 Å². The Balaban J connectivity index is 1.49. The second-order valence-corrected chi connectivity index (χ2v) is 11.0. The molecule has 41 heavy (non-hydrogen) atoms. The number of para-hydroxylation sites is 2. The molecule has 9 heteroatoms. The van der Waals surface area contributed by atoms with E-state index >= 15 is 0 Å². The molecule has 0 atom stereocenters. The zero-order valence-corrected chi connectivity index (χ0v) is 23.3. The van der Waals surface area contributed by atoms with E-state index in [1.54, 1.807) is 62.1 Å². The van der Waals surface area contributed by atoms with Gasteiger partial charge in [0.1, 0.15) is 18.7 Å². The monoisotopic (exact) mass is 553 g/mol. The number of imide groups is 1. The minimum Gasteiger partial charge on any atom is -0.459 e. The normalized spacial score (nSPS) is 14.4. The number of hydrogen-bond donors (Lipinski definition) is 0. The fourth-order valence-electron chi connectivity index (χ4n) is 5.19. The van der Waals surface area contributed by atoms with Crippen LogP contribution < -0.4 is 9.80 Å². The quantitative estimate of drug-likeness (QED) is 0.334. The molecule has 3 aromatic rings. The van der Waals surface area contributed by atoms with Gasteiger partial charge in [0.2, 0.25) is 5.91 Å². The first kappa shape index (κ1) is 27.8. The number of anilines is 2. The molecule has 0 fully saturated rings. The SMILES string of the molecule is CC(C)(C)OC(=O)CN(C(=O)CN1C(=O)c2ccccc2C1=O)c1ccccc1C(=O)N1CCCc2ccccc21. The summed E-state index contributed by atoms with van der Waals surface area (Å²) in [6.07, 6.45) is 1.64. The molecule has 9 nitrogen and oxygen atoms in total. The van der Waals surface area contributed by atoms with Gasteiger partial charge in [0.15, 0.2) is 0 Å². The lowest BCUT2D eigenvalue weighted by molar-refractivity contribution is -0.153. The molecule has 5 rings (SSSR count). The van der Waals surface area contributed by atoms with Crippen LogP contribution in [0.4, 0.5) is 11.4 Å². The maximum atomic E-state index is 14.0. The van der Waals surface area contributed by atoms with Crippen LogP contribution in [-0.2, 0) is 20.7 Å². The number of ether oxygens (including phenoxy) is 1. The summed E-state index contributed by atoms with van der Waals surface area (Å²) in [5.74, 6) is -2.91. The van der Waals surface area contributed by atoms with Gasteiger partial charge in [-0.1, -0.05) is 42.5 Å². The molecule has 2 heterocycles. The van der Waals surface area contributed by atoms with Crippen molar-refractivity contribution in [3.8, 4) is 0 Å². The van der Waals surface area contributed by atoms with E-state index < -0.39 is 42.4 Å². The van der Waals surface area contributed by atoms with Crippen LogP contribution in [0, 0.1) is 0 Å². The largest absolute Gasteiger partial charge is 0.459 e. The molecule has 0 bridgehead atoms. The van der Waals surface area contributed by atoms with E-state index in [1.165, 1.54) is 12.1 Å². The molecule has 4 amide bonds. The number of carbonyl (C=O) groups excluding carboxylic acids is 5. The zero-order valence-electron chi connectivity index (χ0n) is 23.3. The molecule has 0 spiro atoms. The molecular formula is C32H31N3O6. The number of fused-ring (bicyclic) bond motifs is 2. The highest BCUT2D eigenvalue weighted by Gasteiger charge is 2.38. The minimum absolute atomic E-state index is 0.188. The lowest BCUT2D eigenvalue weighted by Crippen LogP contribution is -2.46. The smallest absolute Gasteiger partial charge is 0.326 e. The molecule has 2 aliphatic rings. The van der Waals surface area contributed by atoms with E-state index in [0.29, 0.717) is 6.54 Å². The predicted octanol–water partition coefficient (Wildman–Crippen LogP) is 4.25. The molecule has 0 saturated carbocycles. The molecule has 0 N–H and O–H groups in total. The Hall–Kier alpha value is -4.79. The van der Waals surface area contributed by atoms with Gasteiger partial charge in [-0.05, 0) is 69.5 Å². The summed E-state index contributed by atoms with van der Waals surface area (Å²) in [6, 6.07) is 20.6. The summed E-state index contributed by atoms with van der Waals surface area (Å²) in [7, 11) is 0. The van der Waals surface area contributed by atoms with Gasteiger partial charge in [-0.15, -0.1) is 0 Å². The van der Waals surface area contributed by atoms with Crippen LogP contribution in [0.1, 0.15) is 63.8 Å². The predicted molar refractivity (Wildman–Crippen MR) is 153 cm³/mol. The first-order valence-electron chi connectivity index (χ1n) is 13.5. The Morgan fingerprint density at radius 1 is 0.854 bits per heavy atom. The van der Waals surface area contributed by atoms with Crippen molar-refractivity contribution in [2.24, 2.45) is 0 Å². The van der Waals surface area contributed by atoms with Crippen molar-refractivity contribution >= 4 is 41.0 Å². The summed E-state index contributed by atoms with van der Waals surface area (Å²) in [6.45, 7) is 4.51. The summed E-state index contributed by atoms with van der Waals surface area (Å²) in [5.41, 5.74) is 1.86. The maximum absolute atomic E-state index is 14.0. The van der Waals surface area contributed by atoms with Crippen LogP contribution in [0.5, 0.6) is 0 Å². The van der Waals surface area contributed by atoms with Gasteiger partial charge in [0, 0.05) is 12.2 Å². The summed E-state index contributed by atoms with van der Waals surface area (Å²) in [4.78, 5) is 70.4. The fraction of sp³-hybridized carbons (Fsp3) is 0.281. The molecule has 2 aliphatic heterocycles. The molecule has 0 aromatic heterocycles. The third-order valence-electron chi connectivity index (χ3n) is 6.96. The van der Waals surface area contributed by atoms with Crippen molar-refractivity contribution in [2.45, 2.75) is 39.2 Å². The van der Waals surface area contributed by atoms with Crippen LogP contribution in [0.3, 0.4) is 0 Å². The molecule has 0 saturated heterocycles. The molecular weight excluding hydrogens is 522 g/mol. The number of nitrogens with zero attached hydrogens (tertiary/aromatic N) is 3. The van der Waals surface area contributed by atoms with E-state index in [9.17, 15) is 24.0 Å². The van der Waals surface area contributed by atoms with Crippen LogP contribution in [0.2, 0.25) is 0 Å². The Morgan fingerprint density at radius 3 is 2.15 bits per heavy atom. The van der Waals surface area contributed by atoms with E-state index in [4.69, 9.17) is 4.74 Å². The van der Waals surface area contributed by atoms with Gasteiger partial charge in [-0.25, -0.2) is 0 Å². The Labute approximate surface area is 238 Å².